The van der Waals surface area contributed by atoms with Crippen LogP contribution in [0.4, 0.5) is 5.69 Å². The number of anilines is 1. The summed E-state index contributed by atoms with van der Waals surface area (Å²) in [5, 5.41) is 13.7. The number of amides is 1. The monoisotopic (exact) mass is 431 g/mol. The molecule has 31 heavy (non-hydrogen) atoms. The van der Waals surface area contributed by atoms with Crippen LogP contribution in [0, 0.1) is 0 Å². The first-order chi connectivity index (χ1) is 15.2. The fraction of sp³-hybridized carbons (Fsp3) is 0.0455. The van der Waals surface area contributed by atoms with Crippen molar-refractivity contribution in [2.24, 2.45) is 0 Å². The van der Waals surface area contributed by atoms with E-state index >= 15 is 0 Å². The van der Waals surface area contributed by atoms with Crippen molar-refractivity contribution >= 4 is 29.3 Å². The molecule has 9 heteroatoms. The standard InChI is InChI=1S/C22H17N5O3S/c28-21(24-18-11-5-7-13-20(18)31-16-8-2-1-3-9-16)14-30-22(29)17-10-4-6-12-19(17)27-15-23-25-26-27/h1-13,15H,14H2,(H,24,28). The third kappa shape index (κ3) is 5.14. The molecule has 0 saturated carbocycles. The maximum atomic E-state index is 12.5. The Morgan fingerprint density at radius 1 is 0.935 bits per heavy atom. The van der Waals surface area contributed by atoms with Gasteiger partial charge >= 0.3 is 5.97 Å². The summed E-state index contributed by atoms with van der Waals surface area (Å²) in [6, 6.07) is 24.0. The van der Waals surface area contributed by atoms with Crippen molar-refractivity contribution in [2.75, 3.05) is 11.9 Å². The molecular weight excluding hydrogens is 414 g/mol. The number of rotatable bonds is 7. The number of hydrogen-bond donors (Lipinski definition) is 1. The van der Waals surface area contributed by atoms with Crippen molar-refractivity contribution in [1.29, 1.82) is 0 Å². The Labute approximate surface area is 182 Å². The molecule has 0 aliphatic heterocycles. The van der Waals surface area contributed by atoms with Crippen molar-refractivity contribution in [1.82, 2.24) is 20.2 Å². The van der Waals surface area contributed by atoms with Gasteiger partial charge in [0.1, 0.15) is 6.33 Å². The molecule has 0 aliphatic carbocycles. The lowest BCUT2D eigenvalue weighted by atomic mass is 10.2. The second-order valence-electron chi connectivity index (χ2n) is 6.31. The Morgan fingerprint density at radius 2 is 1.68 bits per heavy atom. The quantitative estimate of drug-likeness (QED) is 0.446. The highest BCUT2D eigenvalue weighted by molar-refractivity contribution is 7.99. The molecule has 154 valence electrons. The second-order valence-corrected chi connectivity index (χ2v) is 7.42. The van der Waals surface area contributed by atoms with Crippen LogP contribution < -0.4 is 5.32 Å². The molecule has 0 spiro atoms. The Hall–Kier alpha value is -3.98. The first-order valence-electron chi connectivity index (χ1n) is 9.32. The molecular formula is C22H17N5O3S. The van der Waals surface area contributed by atoms with E-state index in [1.54, 1.807) is 30.3 Å². The number of nitrogens with one attached hydrogen (secondary N) is 1. The number of tetrazole rings is 1. The molecule has 0 unspecified atom stereocenters. The zero-order chi connectivity index (χ0) is 21.5. The van der Waals surface area contributed by atoms with E-state index in [2.05, 4.69) is 20.8 Å². The molecule has 0 fully saturated rings. The predicted octanol–water partition coefficient (Wildman–Crippen LogP) is 3.61. The van der Waals surface area contributed by atoms with Crippen molar-refractivity contribution in [3.05, 3.63) is 90.8 Å². The van der Waals surface area contributed by atoms with Gasteiger partial charge in [0, 0.05) is 9.79 Å². The summed E-state index contributed by atoms with van der Waals surface area (Å²) in [6.45, 7) is -0.423. The smallest absolute Gasteiger partial charge is 0.340 e. The maximum absolute atomic E-state index is 12.5. The Bertz CT molecular complexity index is 1180. The van der Waals surface area contributed by atoms with E-state index in [1.807, 2.05) is 48.5 Å². The van der Waals surface area contributed by atoms with Crippen molar-refractivity contribution < 1.29 is 14.3 Å². The molecule has 0 radical (unpaired) electrons. The summed E-state index contributed by atoms with van der Waals surface area (Å²) in [5.74, 6) is -1.08. The number of ether oxygens (including phenoxy) is 1. The second kappa shape index (κ2) is 9.68. The van der Waals surface area contributed by atoms with Gasteiger partial charge in [0.15, 0.2) is 6.61 Å². The molecule has 1 heterocycles. The lowest BCUT2D eigenvalue weighted by molar-refractivity contribution is -0.119. The number of carbonyl (C=O) groups excluding carboxylic acids is 2. The zero-order valence-electron chi connectivity index (χ0n) is 16.2. The summed E-state index contributed by atoms with van der Waals surface area (Å²) in [4.78, 5) is 26.9. The van der Waals surface area contributed by atoms with Crippen molar-refractivity contribution in [3.63, 3.8) is 0 Å². The topological polar surface area (TPSA) is 99.0 Å². The number of hydrogen-bond acceptors (Lipinski definition) is 7. The van der Waals surface area contributed by atoms with Crippen LogP contribution in [0.15, 0.2) is 95.0 Å². The van der Waals surface area contributed by atoms with E-state index in [1.165, 1.54) is 22.8 Å². The number of aromatic nitrogens is 4. The molecule has 1 N–H and O–H groups in total. The molecule has 0 aliphatic rings. The van der Waals surface area contributed by atoms with Gasteiger partial charge in [0.25, 0.3) is 5.91 Å². The molecule has 0 atom stereocenters. The van der Waals surface area contributed by atoms with Crippen LogP contribution in [0.25, 0.3) is 5.69 Å². The Morgan fingerprint density at radius 3 is 2.48 bits per heavy atom. The number of carbonyl (C=O) groups is 2. The van der Waals surface area contributed by atoms with Crippen LogP contribution in [-0.2, 0) is 9.53 Å². The van der Waals surface area contributed by atoms with Gasteiger partial charge < -0.3 is 10.1 Å². The maximum Gasteiger partial charge on any atom is 0.340 e. The molecule has 4 rings (SSSR count). The van der Waals surface area contributed by atoms with Crippen LogP contribution in [0.3, 0.4) is 0 Å². The van der Waals surface area contributed by atoms with E-state index in [9.17, 15) is 9.59 Å². The largest absolute Gasteiger partial charge is 0.452 e. The van der Waals surface area contributed by atoms with Gasteiger partial charge in [-0.05, 0) is 46.8 Å². The minimum absolute atomic E-state index is 0.252. The SMILES string of the molecule is O=C(COC(=O)c1ccccc1-n1cnnn1)Nc1ccccc1Sc1ccccc1. The Balaban J connectivity index is 1.40. The summed E-state index contributed by atoms with van der Waals surface area (Å²) in [7, 11) is 0. The minimum Gasteiger partial charge on any atom is -0.452 e. The number of para-hydroxylation sites is 2. The molecule has 4 aromatic rings. The molecule has 0 bridgehead atoms. The normalized spacial score (nSPS) is 10.5. The summed E-state index contributed by atoms with van der Waals surface area (Å²) in [5.41, 5.74) is 1.36. The molecule has 8 nitrogen and oxygen atoms in total. The molecule has 1 aromatic heterocycles. The van der Waals surface area contributed by atoms with Gasteiger partial charge in [-0.15, -0.1) is 5.10 Å². The van der Waals surface area contributed by atoms with Gasteiger partial charge in [0.2, 0.25) is 0 Å². The third-order valence-electron chi connectivity index (χ3n) is 4.19. The number of esters is 1. The Kier molecular flexibility index (Phi) is 6.34. The fourth-order valence-electron chi connectivity index (χ4n) is 2.79. The van der Waals surface area contributed by atoms with Crippen LogP contribution in [-0.4, -0.2) is 38.7 Å². The lowest BCUT2D eigenvalue weighted by Crippen LogP contribution is -2.22. The van der Waals surface area contributed by atoms with Gasteiger partial charge in [-0.2, -0.15) is 4.68 Å². The van der Waals surface area contributed by atoms with E-state index in [0.717, 1.165) is 9.79 Å². The average molecular weight is 431 g/mol. The first kappa shape index (κ1) is 20.3. The first-order valence-corrected chi connectivity index (χ1v) is 10.1. The molecule has 0 saturated heterocycles. The van der Waals surface area contributed by atoms with E-state index in [0.29, 0.717) is 11.4 Å². The third-order valence-corrected chi connectivity index (χ3v) is 5.27. The summed E-state index contributed by atoms with van der Waals surface area (Å²) < 4.78 is 6.57. The predicted molar refractivity (Wildman–Crippen MR) is 115 cm³/mol. The fourth-order valence-corrected chi connectivity index (χ4v) is 3.71. The van der Waals surface area contributed by atoms with Crippen LogP contribution in [0.2, 0.25) is 0 Å². The van der Waals surface area contributed by atoms with E-state index in [-0.39, 0.29) is 5.56 Å². The van der Waals surface area contributed by atoms with Gasteiger partial charge in [0.05, 0.1) is 16.9 Å². The highest BCUT2D eigenvalue weighted by Gasteiger charge is 2.16. The van der Waals surface area contributed by atoms with Crippen molar-refractivity contribution in [3.8, 4) is 5.69 Å². The van der Waals surface area contributed by atoms with Crippen molar-refractivity contribution in [2.45, 2.75) is 9.79 Å². The number of nitrogens with zero attached hydrogens (tertiary/aromatic N) is 4. The van der Waals surface area contributed by atoms with Crippen LogP contribution in [0.1, 0.15) is 10.4 Å². The van der Waals surface area contributed by atoms with Gasteiger partial charge in [-0.25, -0.2) is 4.79 Å². The highest BCUT2D eigenvalue weighted by Crippen LogP contribution is 2.33. The minimum atomic E-state index is -0.645. The van der Waals surface area contributed by atoms with E-state index < -0.39 is 18.5 Å². The molecule has 1 amide bonds. The van der Waals surface area contributed by atoms with E-state index in [4.69, 9.17) is 4.74 Å². The van der Waals surface area contributed by atoms with Gasteiger partial charge in [-0.1, -0.05) is 54.2 Å². The molecule has 3 aromatic carbocycles. The zero-order valence-corrected chi connectivity index (χ0v) is 17.0. The summed E-state index contributed by atoms with van der Waals surface area (Å²) >= 11 is 1.53. The number of benzene rings is 3. The van der Waals surface area contributed by atoms with Crippen LogP contribution in [0.5, 0.6) is 0 Å². The summed E-state index contributed by atoms with van der Waals surface area (Å²) in [6.07, 6.45) is 1.38. The van der Waals surface area contributed by atoms with Crippen LogP contribution >= 0.6 is 11.8 Å². The highest BCUT2D eigenvalue weighted by atomic mass is 32.2. The van der Waals surface area contributed by atoms with Gasteiger partial charge in [-0.3, -0.25) is 4.79 Å². The average Bonchev–Trinajstić information content (AvgIpc) is 3.34. The lowest BCUT2D eigenvalue weighted by Gasteiger charge is -2.12.